The quantitative estimate of drug-likeness (QED) is 0.191. The summed E-state index contributed by atoms with van der Waals surface area (Å²) in [5.74, 6) is 0.901. The zero-order valence-corrected chi connectivity index (χ0v) is 24.6. The molecule has 45 heavy (non-hydrogen) atoms. The average molecular weight is 573 g/mol. The first-order valence-electron chi connectivity index (χ1n) is 15.4. The minimum absolute atomic E-state index is 0.896. The molecule has 1 heterocycles. The van der Waals surface area contributed by atoms with Gasteiger partial charge in [0.05, 0.1) is 0 Å². The summed E-state index contributed by atoms with van der Waals surface area (Å²) in [6.07, 6.45) is 0. The molecule has 9 aromatic rings. The fraction of sp³-hybridized carbons (Fsp3) is 0. The summed E-state index contributed by atoms with van der Waals surface area (Å²) in [5, 5.41) is 8.59. The van der Waals surface area contributed by atoms with E-state index in [1.807, 2.05) is 12.1 Å². The summed E-state index contributed by atoms with van der Waals surface area (Å²) in [4.78, 5) is 0. The van der Waals surface area contributed by atoms with Gasteiger partial charge in [0.25, 0.3) is 0 Å². The largest absolute Gasteiger partial charge is 0.455 e. The minimum Gasteiger partial charge on any atom is -0.455 e. The molecule has 0 unspecified atom stereocenters. The average Bonchev–Trinajstić information content (AvgIpc) is 3.50. The third kappa shape index (κ3) is 4.02. The number of rotatable bonds is 4. The Hall–Kier alpha value is -5.92. The second-order valence-electron chi connectivity index (χ2n) is 11.6. The van der Waals surface area contributed by atoms with Crippen molar-refractivity contribution in [3.63, 3.8) is 0 Å². The Morgan fingerprint density at radius 3 is 1.22 bits per heavy atom. The molecule has 1 aromatic heterocycles. The highest BCUT2D eigenvalue weighted by Gasteiger charge is 2.22. The number of hydrogen-bond donors (Lipinski definition) is 0. The van der Waals surface area contributed by atoms with Crippen LogP contribution in [0.25, 0.3) is 88.0 Å². The maximum Gasteiger partial charge on any atom is 0.143 e. The monoisotopic (exact) mass is 572 g/mol. The van der Waals surface area contributed by atoms with Crippen LogP contribution in [0.3, 0.4) is 0 Å². The zero-order chi connectivity index (χ0) is 29.7. The van der Waals surface area contributed by atoms with Gasteiger partial charge in [-0.1, -0.05) is 164 Å². The van der Waals surface area contributed by atoms with Gasteiger partial charge in [-0.3, -0.25) is 0 Å². The standard InChI is InChI=1S/C44H28O/c1-3-15-29(16-4-1)41-33-21-9-11-23-35(33)42(36-24-12-10-22-34(36)41)37-27-28-38(32-20-8-7-19-31(32)37)43-39-25-13-14-26-40(39)45-44(43)30-17-5-2-6-18-30/h1-28H. The van der Waals surface area contributed by atoms with E-state index >= 15 is 0 Å². The number of furan rings is 1. The predicted octanol–water partition coefficient (Wildman–Crippen LogP) is 12.6. The van der Waals surface area contributed by atoms with Crippen molar-refractivity contribution in [3.8, 4) is 44.7 Å². The van der Waals surface area contributed by atoms with E-state index in [1.165, 1.54) is 60.1 Å². The SMILES string of the molecule is c1ccc(-c2oc3ccccc3c2-c2ccc(-c3c4ccccc4c(-c4ccccc4)c4ccccc34)c3ccccc23)cc1. The van der Waals surface area contributed by atoms with Crippen LogP contribution in [0, 0.1) is 0 Å². The Bertz CT molecular complexity index is 2460. The van der Waals surface area contributed by atoms with Crippen LogP contribution in [0.1, 0.15) is 0 Å². The molecule has 0 spiro atoms. The maximum absolute atomic E-state index is 6.57. The first kappa shape index (κ1) is 25.6. The number of hydrogen-bond acceptors (Lipinski definition) is 1. The van der Waals surface area contributed by atoms with E-state index < -0.39 is 0 Å². The van der Waals surface area contributed by atoms with E-state index in [-0.39, 0.29) is 0 Å². The molecule has 0 aliphatic carbocycles. The fourth-order valence-electron chi connectivity index (χ4n) is 7.18. The van der Waals surface area contributed by atoms with Gasteiger partial charge in [-0.25, -0.2) is 0 Å². The third-order valence-corrected chi connectivity index (χ3v) is 9.09. The van der Waals surface area contributed by atoms with Gasteiger partial charge in [0.1, 0.15) is 11.3 Å². The van der Waals surface area contributed by atoms with Crippen molar-refractivity contribution >= 4 is 43.3 Å². The van der Waals surface area contributed by atoms with Gasteiger partial charge in [0, 0.05) is 16.5 Å². The number of para-hydroxylation sites is 1. The van der Waals surface area contributed by atoms with Crippen LogP contribution in [0.2, 0.25) is 0 Å². The Balaban J connectivity index is 1.38. The lowest BCUT2D eigenvalue weighted by molar-refractivity contribution is 0.632. The summed E-state index contributed by atoms with van der Waals surface area (Å²) in [5.41, 5.74) is 9.29. The first-order chi connectivity index (χ1) is 22.4. The van der Waals surface area contributed by atoms with Crippen molar-refractivity contribution in [2.45, 2.75) is 0 Å². The van der Waals surface area contributed by atoms with Crippen LogP contribution in [-0.2, 0) is 0 Å². The lowest BCUT2D eigenvalue weighted by Crippen LogP contribution is -1.92. The highest BCUT2D eigenvalue weighted by atomic mass is 16.3. The van der Waals surface area contributed by atoms with E-state index in [0.717, 1.165) is 27.9 Å². The first-order valence-corrected chi connectivity index (χ1v) is 15.4. The molecule has 0 saturated heterocycles. The van der Waals surface area contributed by atoms with Crippen molar-refractivity contribution in [1.82, 2.24) is 0 Å². The molecule has 0 N–H and O–H groups in total. The van der Waals surface area contributed by atoms with Gasteiger partial charge < -0.3 is 4.42 Å². The maximum atomic E-state index is 6.57. The topological polar surface area (TPSA) is 13.1 Å². The second kappa shape index (κ2) is 10.4. The molecule has 0 fully saturated rings. The number of benzene rings is 8. The van der Waals surface area contributed by atoms with E-state index in [2.05, 4.69) is 158 Å². The van der Waals surface area contributed by atoms with Crippen molar-refractivity contribution in [2.24, 2.45) is 0 Å². The van der Waals surface area contributed by atoms with E-state index in [0.29, 0.717) is 0 Å². The summed E-state index contributed by atoms with van der Waals surface area (Å²) in [6, 6.07) is 60.8. The molecule has 8 aromatic carbocycles. The van der Waals surface area contributed by atoms with Crippen LogP contribution < -0.4 is 0 Å². The van der Waals surface area contributed by atoms with Gasteiger partial charge in [0.2, 0.25) is 0 Å². The molecular formula is C44H28O. The Labute approximate surface area is 261 Å². The smallest absolute Gasteiger partial charge is 0.143 e. The molecule has 0 amide bonds. The van der Waals surface area contributed by atoms with E-state index in [1.54, 1.807) is 0 Å². The van der Waals surface area contributed by atoms with Crippen molar-refractivity contribution in [2.75, 3.05) is 0 Å². The number of fused-ring (bicyclic) bond motifs is 4. The second-order valence-corrected chi connectivity index (χ2v) is 11.6. The van der Waals surface area contributed by atoms with Crippen LogP contribution in [-0.4, -0.2) is 0 Å². The molecule has 0 aliphatic heterocycles. The van der Waals surface area contributed by atoms with Crippen LogP contribution in [0.15, 0.2) is 174 Å². The summed E-state index contributed by atoms with van der Waals surface area (Å²) < 4.78 is 6.57. The lowest BCUT2D eigenvalue weighted by atomic mass is 9.83. The van der Waals surface area contributed by atoms with Gasteiger partial charge in [-0.05, 0) is 66.2 Å². The van der Waals surface area contributed by atoms with Gasteiger partial charge >= 0.3 is 0 Å². The molecule has 1 heteroatoms. The van der Waals surface area contributed by atoms with E-state index in [4.69, 9.17) is 4.42 Å². The van der Waals surface area contributed by atoms with Gasteiger partial charge in [-0.15, -0.1) is 0 Å². The lowest BCUT2D eigenvalue weighted by Gasteiger charge is -2.19. The molecule has 0 atom stereocenters. The molecule has 0 saturated carbocycles. The molecule has 0 bridgehead atoms. The molecule has 210 valence electrons. The normalized spacial score (nSPS) is 11.6. The van der Waals surface area contributed by atoms with Crippen molar-refractivity contribution in [3.05, 3.63) is 170 Å². The minimum atomic E-state index is 0.896. The molecule has 0 aliphatic rings. The van der Waals surface area contributed by atoms with Gasteiger partial charge in [0.15, 0.2) is 0 Å². The highest BCUT2D eigenvalue weighted by Crippen LogP contribution is 2.48. The molecule has 1 nitrogen and oxygen atoms in total. The van der Waals surface area contributed by atoms with Crippen molar-refractivity contribution in [1.29, 1.82) is 0 Å². The van der Waals surface area contributed by atoms with Crippen LogP contribution in [0.5, 0.6) is 0 Å². The summed E-state index contributed by atoms with van der Waals surface area (Å²) in [6.45, 7) is 0. The fourth-order valence-corrected chi connectivity index (χ4v) is 7.18. The summed E-state index contributed by atoms with van der Waals surface area (Å²) in [7, 11) is 0. The van der Waals surface area contributed by atoms with Gasteiger partial charge in [-0.2, -0.15) is 0 Å². The van der Waals surface area contributed by atoms with Crippen LogP contribution in [0.4, 0.5) is 0 Å². The molecular weight excluding hydrogens is 544 g/mol. The zero-order valence-electron chi connectivity index (χ0n) is 24.6. The Morgan fingerprint density at radius 1 is 0.267 bits per heavy atom. The summed E-state index contributed by atoms with van der Waals surface area (Å²) >= 11 is 0. The predicted molar refractivity (Wildman–Crippen MR) is 190 cm³/mol. The molecule has 9 rings (SSSR count). The van der Waals surface area contributed by atoms with E-state index in [9.17, 15) is 0 Å². The third-order valence-electron chi connectivity index (χ3n) is 9.09. The molecule has 0 radical (unpaired) electrons. The highest BCUT2D eigenvalue weighted by molar-refractivity contribution is 6.24. The van der Waals surface area contributed by atoms with Crippen molar-refractivity contribution < 1.29 is 4.42 Å². The Kier molecular flexibility index (Phi) is 5.89. The Morgan fingerprint density at radius 2 is 0.667 bits per heavy atom. The van der Waals surface area contributed by atoms with Crippen LogP contribution >= 0.6 is 0 Å².